The van der Waals surface area contributed by atoms with Gasteiger partial charge in [0.25, 0.3) is 0 Å². The van der Waals surface area contributed by atoms with Crippen molar-refractivity contribution in [3.63, 3.8) is 0 Å². The van der Waals surface area contributed by atoms with E-state index in [1.807, 2.05) is 54.6 Å². The second kappa shape index (κ2) is 9.01. The van der Waals surface area contributed by atoms with Gasteiger partial charge in [-0.25, -0.2) is 4.98 Å². The van der Waals surface area contributed by atoms with Gasteiger partial charge in [0.05, 0.1) is 15.1 Å². The van der Waals surface area contributed by atoms with Crippen LogP contribution in [0.3, 0.4) is 0 Å². The number of para-hydroxylation sites is 2. The Labute approximate surface area is 203 Å². The van der Waals surface area contributed by atoms with Gasteiger partial charge in [0, 0.05) is 39.3 Å². The lowest BCUT2D eigenvalue weighted by Crippen LogP contribution is -1.98. The summed E-state index contributed by atoms with van der Waals surface area (Å²) in [7, 11) is 0. The molecule has 0 aliphatic rings. The SMILES string of the molecule is N#C/C(=C\c1cn(Cc2ccc(Cl)cc2Cl)c2ccccc12)Sc1nc2ccccc2s1. The fraction of sp³-hybridized carbons (Fsp3) is 0.0400. The zero-order valence-corrected chi connectivity index (χ0v) is 19.8. The summed E-state index contributed by atoms with van der Waals surface area (Å²) in [6.07, 6.45) is 3.99. The van der Waals surface area contributed by atoms with Crippen molar-refractivity contribution in [2.45, 2.75) is 10.9 Å². The van der Waals surface area contributed by atoms with Crippen LogP contribution in [-0.2, 0) is 6.54 Å². The molecule has 0 saturated heterocycles. The van der Waals surface area contributed by atoms with E-state index < -0.39 is 0 Å². The zero-order valence-electron chi connectivity index (χ0n) is 16.6. The molecule has 0 aliphatic carbocycles. The zero-order chi connectivity index (χ0) is 22.1. The van der Waals surface area contributed by atoms with E-state index in [1.54, 1.807) is 17.4 Å². The highest BCUT2D eigenvalue weighted by Gasteiger charge is 2.12. The van der Waals surface area contributed by atoms with Crippen molar-refractivity contribution in [1.82, 2.24) is 9.55 Å². The topological polar surface area (TPSA) is 41.6 Å². The van der Waals surface area contributed by atoms with Crippen molar-refractivity contribution in [3.8, 4) is 6.07 Å². The number of nitrogens with zero attached hydrogens (tertiary/aromatic N) is 3. The first kappa shape index (κ1) is 21.1. The molecule has 0 saturated carbocycles. The highest BCUT2D eigenvalue weighted by atomic mass is 35.5. The molecule has 5 aromatic rings. The maximum Gasteiger partial charge on any atom is 0.156 e. The number of fused-ring (bicyclic) bond motifs is 2. The molecular weight excluding hydrogens is 477 g/mol. The first-order valence-corrected chi connectivity index (χ1v) is 12.2. The van der Waals surface area contributed by atoms with Gasteiger partial charge in [-0.1, -0.05) is 59.6 Å². The number of nitriles is 1. The Kier molecular flexibility index (Phi) is 5.95. The number of hydrogen-bond acceptors (Lipinski definition) is 4. The van der Waals surface area contributed by atoms with Crippen molar-refractivity contribution >= 4 is 73.5 Å². The van der Waals surface area contributed by atoms with E-state index in [2.05, 4.69) is 33.9 Å². The van der Waals surface area contributed by atoms with Gasteiger partial charge in [0.1, 0.15) is 6.07 Å². The highest BCUT2D eigenvalue weighted by Crippen LogP contribution is 2.35. The third-order valence-corrected chi connectivity index (χ3v) is 7.66. The lowest BCUT2D eigenvalue weighted by Gasteiger charge is -2.08. The van der Waals surface area contributed by atoms with E-state index >= 15 is 0 Å². The minimum atomic E-state index is 0.594. The summed E-state index contributed by atoms with van der Waals surface area (Å²) in [5.74, 6) is 0. The molecule has 2 heterocycles. The maximum absolute atomic E-state index is 9.80. The van der Waals surface area contributed by atoms with Gasteiger partial charge in [-0.05, 0) is 53.7 Å². The second-order valence-corrected chi connectivity index (χ2v) is 10.3. The number of hydrogen-bond donors (Lipinski definition) is 0. The molecule has 2 aromatic heterocycles. The molecule has 0 amide bonds. The third-order valence-electron chi connectivity index (χ3n) is 5.04. The van der Waals surface area contributed by atoms with E-state index in [1.165, 1.54) is 11.8 Å². The monoisotopic (exact) mass is 491 g/mol. The number of thioether (sulfide) groups is 1. The van der Waals surface area contributed by atoms with Crippen molar-refractivity contribution in [2.24, 2.45) is 0 Å². The van der Waals surface area contributed by atoms with Crippen LogP contribution in [0.15, 0.2) is 82.2 Å². The van der Waals surface area contributed by atoms with Crippen molar-refractivity contribution < 1.29 is 0 Å². The maximum atomic E-state index is 9.80. The minimum absolute atomic E-state index is 0.594. The summed E-state index contributed by atoms with van der Waals surface area (Å²) in [6.45, 7) is 0.608. The molecule has 0 unspecified atom stereocenters. The van der Waals surface area contributed by atoms with E-state index in [-0.39, 0.29) is 0 Å². The molecule has 32 heavy (non-hydrogen) atoms. The van der Waals surface area contributed by atoms with Gasteiger partial charge in [-0.3, -0.25) is 0 Å². The summed E-state index contributed by atoms with van der Waals surface area (Å²) >= 11 is 15.4. The summed E-state index contributed by atoms with van der Waals surface area (Å²) in [5.41, 5.74) is 3.99. The van der Waals surface area contributed by atoms with Crippen molar-refractivity contribution in [1.29, 1.82) is 5.26 Å². The number of benzene rings is 3. The van der Waals surface area contributed by atoms with Crippen LogP contribution in [0.4, 0.5) is 0 Å². The Morgan fingerprint density at radius 2 is 1.91 bits per heavy atom. The fourth-order valence-electron chi connectivity index (χ4n) is 3.57. The minimum Gasteiger partial charge on any atom is -0.342 e. The molecule has 0 radical (unpaired) electrons. The van der Waals surface area contributed by atoms with Crippen LogP contribution in [0.2, 0.25) is 10.0 Å². The second-order valence-electron chi connectivity index (χ2n) is 7.14. The largest absolute Gasteiger partial charge is 0.342 e. The van der Waals surface area contributed by atoms with E-state index in [0.29, 0.717) is 21.5 Å². The number of halogens is 2. The molecule has 0 N–H and O–H groups in total. The molecule has 7 heteroatoms. The summed E-state index contributed by atoms with van der Waals surface area (Å²) in [6, 6.07) is 24.0. The number of allylic oxidation sites excluding steroid dienone is 1. The standard InChI is InChI=1S/C25H15Cl2N3S2/c26-18-10-9-16(21(27)12-18)14-30-15-17(20-5-1-3-7-23(20)30)11-19(13-28)31-25-29-22-6-2-4-8-24(22)32-25/h1-12,15H,14H2/b19-11+. The van der Waals surface area contributed by atoms with E-state index in [4.69, 9.17) is 23.2 Å². The van der Waals surface area contributed by atoms with Crippen LogP contribution in [0.5, 0.6) is 0 Å². The molecule has 3 aromatic carbocycles. The third kappa shape index (κ3) is 4.28. The molecule has 0 bridgehead atoms. The molecule has 0 atom stereocenters. The van der Waals surface area contributed by atoms with Crippen LogP contribution in [0.25, 0.3) is 27.2 Å². The van der Waals surface area contributed by atoms with Crippen molar-refractivity contribution in [2.75, 3.05) is 0 Å². The van der Waals surface area contributed by atoms with E-state index in [0.717, 1.165) is 36.6 Å². The molecule has 5 rings (SSSR count). The summed E-state index contributed by atoms with van der Waals surface area (Å²) in [4.78, 5) is 5.24. The van der Waals surface area contributed by atoms with Gasteiger partial charge >= 0.3 is 0 Å². The molecule has 3 nitrogen and oxygen atoms in total. The predicted octanol–water partition coefficient (Wildman–Crippen LogP) is 8.26. The first-order valence-electron chi connectivity index (χ1n) is 9.78. The molecule has 0 spiro atoms. The lowest BCUT2D eigenvalue weighted by molar-refractivity contribution is 0.836. The molecule has 156 valence electrons. The molecule has 0 aliphatic heterocycles. The predicted molar refractivity (Wildman–Crippen MR) is 137 cm³/mol. The normalized spacial score (nSPS) is 11.8. The molecular formula is C25H15Cl2N3S2. The van der Waals surface area contributed by atoms with Gasteiger partial charge in [-0.2, -0.15) is 5.26 Å². The summed E-state index contributed by atoms with van der Waals surface area (Å²) in [5, 5.41) is 12.1. The molecule has 0 fully saturated rings. The number of aromatic nitrogens is 2. The van der Waals surface area contributed by atoms with Gasteiger partial charge in [-0.15, -0.1) is 11.3 Å². The van der Waals surface area contributed by atoms with Crippen LogP contribution in [0, 0.1) is 11.3 Å². The number of rotatable bonds is 5. The van der Waals surface area contributed by atoms with Crippen LogP contribution < -0.4 is 0 Å². The Balaban J connectivity index is 1.51. The smallest absolute Gasteiger partial charge is 0.156 e. The van der Waals surface area contributed by atoms with Gasteiger partial charge < -0.3 is 4.57 Å². The van der Waals surface area contributed by atoms with Crippen molar-refractivity contribution in [3.05, 3.63) is 99.0 Å². The summed E-state index contributed by atoms with van der Waals surface area (Å²) < 4.78 is 4.12. The van der Waals surface area contributed by atoms with Crippen LogP contribution in [-0.4, -0.2) is 9.55 Å². The first-order chi connectivity index (χ1) is 15.6. The lowest BCUT2D eigenvalue weighted by atomic mass is 10.1. The highest BCUT2D eigenvalue weighted by molar-refractivity contribution is 8.05. The Morgan fingerprint density at radius 3 is 2.72 bits per heavy atom. The fourth-order valence-corrected chi connectivity index (χ4v) is 6.00. The Bertz CT molecular complexity index is 1490. The van der Waals surface area contributed by atoms with Crippen LogP contribution >= 0.6 is 46.3 Å². The Hall–Kier alpha value is -2.75. The number of thiazole rings is 1. The quantitative estimate of drug-likeness (QED) is 0.183. The van der Waals surface area contributed by atoms with E-state index in [9.17, 15) is 5.26 Å². The van der Waals surface area contributed by atoms with Crippen LogP contribution in [0.1, 0.15) is 11.1 Å². The van der Waals surface area contributed by atoms with Gasteiger partial charge in [0.15, 0.2) is 4.34 Å². The van der Waals surface area contributed by atoms with Gasteiger partial charge in [0.2, 0.25) is 0 Å². The average Bonchev–Trinajstić information content (AvgIpc) is 3.36. The average molecular weight is 492 g/mol. The Morgan fingerprint density at radius 1 is 1.09 bits per heavy atom.